The van der Waals surface area contributed by atoms with Crippen molar-refractivity contribution in [2.45, 2.75) is 13.8 Å². The van der Waals surface area contributed by atoms with Gasteiger partial charge in [0.2, 0.25) is 0 Å². The van der Waals surface area contributed by atoms with E-state index in [9.17, 15) is 4.79 Å². The largest absolute Gasteiger partial charge is 0.393 e. The highest BCUT2D eigenvalue weighted by molar-refractivity contribution is 7.80. The van der Waals surface area contributed by atoms with Crippen LogP contribution >= 0.6 is 23.8 Å². The molecule has 4 N–H and O–H groups in total. The van der Waals surface area contributed by atoms with Gasteiger partial charge in [0.1, 0.15) is 0 Å². The van der Waals surface area contributed by atoms with Crippen LogP contribution in [0, 0.1) is 12.8 Å². The number of rotatable bonds is 4. The molecule has 0 aliphatic carbocycles. The Bertz CT molecular complexity index is 465. The average Bonchev–Trinajstić information content (AvgIpc) is 2.30. The number of hydrogen-bond acceptors (Lipinski definition) is 2. The van der Waals surface area contributed by atoms with Gasteiger partial charge >= 0.3 is 6.03 Å². The SMILES string of the molecule is Cc1ccc(NC(=O)NCC(C)C(N)=S)cc1Cl. The van der Waals surface area contributed by atoms with Crippen molar-refractivity contribution in [3.05, 3.63) is 28.8 Å². The molecule has 0 fully saturated rings. The van der Waals surface area contributed by atoms with Gasteiger partial charge in [-0.2, -0.15) is 0 Å². The number of urea groups is 1. The molecule has 0 heterocycles. The van der Waals surface area contributed by atoms with E-state index in [0.29, 0.717) is 22.2 Å². The summed E-state index contributed by atoms with van der Waals surface area (Å²) in [7, 11) is 0. The van der Waals surface area contributed by atoms with Crippen LogP contribution in [0.15, 0.2) is 18.2 Å². The summed E-state index contributed by atoms with van der Waals surface area (Å²) < 4.78 is 0. The molecule has 0 bridgehead atoms. The highest BCUT2D eigenvalue weighted by Gasteiger charge is 2.08. The number of nitrogens with one attached hydrogen (secondary N) is 2. The standard InChI is InChI=1S/C12H16ClN3OS/c1-7-3-4-9(5-10(7)13)16-12(17)15-6-8(2)11(14)18/h3-5,8H,6H2,1-2H3,(H2,14,18)(H2,15,16,17). The number of anilines is 1. The minimum Gasteiger partial charge on any atom is -0.393 e. The zero-order valence-electron chi connectivity index (χ0n) is 10.3. The van der Waals surface area contributed by atoms with E-state index in [1.54, 1.807) is 12.1 Å². The number of aryl methyl sites for hydroxylation is 1. The molecule has 0 saturated heterocycles. The van der Waals surface area contributed by atoms with Crippen molar-refractivity contribution >= 4 is 40.5 Å². The van der Waals surface area contributed by atoms with Crippen LogP contribution in [-0.4, -0.2) is 17.6 Å². The summed E-state index contributed by atoms with van der Waals surface area (Å²) in [5, 5.41) is 5.99. The summed E-state index contributed by atoms with van der Waals surface area (Å²) in [6.45, 7) is 4.15. The molecule has 2 amide bonds. The monoisotopic (exact) mass is 285 g/mol. The van der Waals surface area contributed by atoms with Gasteiger partial charge < -0.3 is 16.4 Å². The fraction of sp³-hybridized carbons (Fsp3) is 0.333. The molecule has 0 aliphatic rings. The minimum absolute atomic E-state index is 0.0349. The van der Waals surface area contributed by atoms with E-state index >= 15 is 0 Å². The summed E-state index contributed by atoms with van der Waals surface area (Å²) in [6, 6.07) is 5.03. The van der Waals surface area contributed by atoms with E-state index in [4.69, 9.17) is 29.6 Å². The molecule has 1 atom stereocenters. The minimum atomic E-state index is -0.307. The van der Waals surface area contributed by atoms with Gasteiger partial charge in [0, 0.05) is 23.2 Å². The van der Waals surface area contributed by atoms with Crippen LogP contribution in [0.1, 0.15) is 12.5 Å². The molecule has 0 spiro atoms. The number of amides is 2. The Hall–Kier alpha value is -1.33. The summed E-state index contributed by atoms with van der Waals surface area (Å²) in [6.07, 6.45) is 0. The molecule has 0 saturated carbocycles. The average molecular weight is 286 g/mol. The van der Waals surface area contributed by atoms with Crippen molar-refractivity contribution in [3.63, 3.8) is 0 Å². The molecular weight excluding hydrogens is 270 g/mol. The maximum Gasteiger partial charge on any atom is 0.319 e. The first kappa shape index (κ1) is 14.7. The van der Waals surface area contributed by atoms with Crippen molar-refractivity contribution in [2.24, 2.45) is 11.7 Å². The third kappa shape index (κ3) is 4.50. The van der Waals surface area contributed by atoms with E-state index in [-0.39, 0.29) is 11.9 Å². The zero-order chi connectivity index (χ0) is 13.7. The van der Waals surface area contributed by atoms with Gasteiger partial charge in [-0.3, -0.25) is 0 Å². The van der Waals surface area contributed by atoms with Gasteiger partial charge in [-0.05, 0) is 24.6 Å². The molecule has 18 heavy (non-hydrogen) atoms. The second kappa shape index (κ2) is 6.56. The first-order chi connectivity index (χ1) is 8.40. The Morgan fingerprint density at radius 2 is 2.22 bits per heavy atom. The van der Waals surface area contributed by atoms with Crippen molar-refractivity contribution in [1.82, 2.24) is 5.32 Å². The summed E-state index contributed by atoms with van der Waals surface area (Å²) >= 11 is 10.8. The van der Waals surface area contributed by atoms with Gasteiger partial charge in [0.15, 0.2) is 0 Å². The third-order valence-corrected chi connectivity index (χ3v) is 3.29. The molecule has 98 valence electrons. The maximum atomic E-state index is 11.6. The highest BCUT2D eigenvalue weighted by atomic mass is 35.5. The Kier molecular flexibility index (Phi) is 5.37. The van der Waals surface area contributed by atoms with Gasteiger partial charge in [0.25, 0.3) is 0 Å². The number of hydrogen-bond donors (Lipinski definition) is 3. The number of thiocarbonyl (C=S) groups is 1. The van der Waals surface area contributed by atoms with Crippen LogP contribution in [-0.2, 0) is 0 Å². The number of benzene rings is 1. The van der Waals surface area contributed by atoms with E-state index in [1.165, 1.54) is 0 Å². The van der Waals surface area contributed by atoms with Crippen molar-refractivity contribution < 1.29 is 4.79 Å². The Morgan fingerprint density at radius 3 is 2.78 bits per heavy atom. The molecule has 4 nitrogen and oxygen atoms in total. The van der Waals surface area contributed by atoms with Crippen LogP contribution in [0.5, 0.6) is 0 Å². The number of nitrogens with two attached hydrogens (primary N) is 1. The molecular formula is C12H16ClN3OS. The van der Waals surface area contributed by atoms with Crippen LogP contribution in [0.2, 0.25) is 5.02 Å². The van der Waals surface area contributed by atoms with Gasteiger partial charge in [-0.25, -0.2) is 4.79 Å². The Morgan fingerprint density at radius 1 is 1.56 bits per heavy atom. The molecule has 0 aromatic heterocycles. The lowest BCUT2D eigenvalue weighted by Crippen LogP contribution is -2.36. The predicted octanol–water partition coefficient (Wildman–Crippen LogP) is 2.69. The van der Waals surface area contributed by atoms with Crippen LogP contribution in [0.25, 0.3) is 0 Å². The van der Waals surface area contributed by atoms with Crippen molar-refractivity contribution in [3.8, 4) is 0 Å². The first-order valence-corrected chi connectivity index (χ1v) is 6.29. The van der Waals surface area contributed by atoms with Crippen molar-refractivity contribution in [2.75, 3.05) is 11.9 Å². The number of halogens is 1. The summed E-state index contributed by atoms with van der Waals surface area (Å²) in [5.41, 5.74) is 7.06. The van der Waals surface area contributed by atoms with Crippen LogP contribution in [0.4, 0.5) is 10.5 Å². The van der Waals surface area contributed by atoms with E-state index in [0.717, 1.165) is 5.56 Å². The zero-order valence-corrected chi connectivity index (χ0v) is 11.9. The topological polar surface area (TPSA) is 67.2 Å². The molecule has 1 rings (SSSR count). The maximum absolute atomic E-state index is 11.6. The predicted molar refractivity (Wildman–Crippen MR) is 79.2 cm³/mol. The lowest BCUT2D eigenvalue weighted by molar-refractivity contribution is 0.251. The van der Waals surface area contributed by atoms with E-state index in [1.807, 2.05) is 19.9 Å². The lowest BCUT2D eigenvalue weighted by atomic mass is 10.2. The first-order valence-electron chi connectivity index (χ1n) is 5.50. The highest BCUT2D eigenvalue weighted by Crippen LogP contribution is 2.19. The molecule has 1 aromatic carbocycles. The molecule has 1 aromatic rings. The molecule has 0 radical (unpaired) electrons. The second-order valence-corrected chi connectivity index (χ2v) is 4.98. The molecule has 1 unspecified atom stereocenters. The van der Waals surface area contributed by atoms with Crippen molar-refractivity contribution in [1.29, 1.82) is 0 Å². The smallest absolute Gasteiger partial charge is 0.319 e. The van der Waals surface area contributed by atoms with E-state index < -0.39 is 0 Å². The van der Waals surface area contributed by atoms with Crippen LogP contribution in [0.3, 0.4) is 0 Å². The summed E-state index contributed by atoms with van der Waals surface area (Å²) in [5.74, 6) is -0.0349. The fourth-order valence-corrected chi connectivity index (χ4v) is 1.46. The van der Waals surface area contributed by atoms with Gasteiger partial charge in [-0.1, -0.05) is 36.8 Å². The second-order valence-electron chi connectivity index (χ2n) is 4.10. The molecule has 6 heteroatoms. The Labute approximate surface area is 117 Å². The lowest BCUT2D eigenvalue weighted by Gasteiger charge is -2.12. The Balaban J connectivity index is 2.49. The fourth-order valence-electron chi connectivity index (χ4n) is 1.19. The normalized spacial score (nSPS) is 11.7. The third-order valence-electron chi connectivity index (χ3n) is 2.48. The van der Waals surface area contributed by atoms with Crippen LogP contribution < -0.4 is 16.4 Å². The van der Waals surface area contributed by atoms with E-state index in [2.05, 4.69) is 10.6 Å². The quantitative estimate of drug-likeness (QED) is 0.745. The van der Waals surface area contributed by atoms with Gasteiger partial charge in [0.05, 0.1) is 4.99 Å². The number of carbonyl (C=O) groups excluding carboxylic acids is 1. The van der Waals surface area contributed by atoms with Gasteiger partial charge in [-0.15, -0.1) is 0 Å². The summed E-state index contributed by atoms with van der Waals surface area (Å²) in [4.78, 5) is 12.0. The number of carbonyl (C=O) groups is 1. The molecule has 0 aliphatic heterocycles.